The molecule has 4 nitrogen and oxygen atoms in total. The standard InChI is InChI=1S/C16H12BrF2NO3/c1-8-10(3-2-4-11(8)17)15-20-12-5-9(7-21)13(23-16(18)19)6-14(12)22-15/h2-6,16,21H,7H2,1H3. The normalized spacial score (nSPS) is 11.4. The van der Waals surface area contributed by atoms with Gasteiger partial charge in [-0.3, -0.25) is 0 Å². The number of oxazole rings is 1. The summed E-state index contributed by atoms with van der Waals surface area (Å²) in [5.74, 6) is 0.251. The van der Waals surface area contributed by atoms with Crippen LogP contribution in [0.3, 0.4) is 0 Å². The molecule has 0 aliphatic rings. The zero-order valence-electron chi connectivity index (χ0n) is 12.0. The average molecular weight is 384 g/mol. The molecular weight excluding hydrogens is 372 g/mol. The Morgan fingerprint density at radius 3 is 2.83 bits per heavy atom. The van der Waals surface area contributed by atoms with Crippen molar-refractivity contribution in [2.45, 2.75) is 20.1 Å². The third kappa shape index (κ3) is 3.07. The van der Waals surface area contributed by atoms with E-state index in [9.17, 15) is 13.9 Å². The maximum atomic E-state index is 12.4. The Balaban J connectivity index is 2.13. The summed E-state index contributed by atoms with van der Waals surface area (Å²) in [4.78, 5) is 4.37. The lowest BCUT2D eigenvalue weighted by molar-refractivity contribution is -0.0508. The minimum absolute atomic E-state index is 0.122. The summed E-state index contributed by atoms with van der Waals surface area (Å²) in [6, 6.07) is 8.41. The quantitative estimate of drug-likeness (QED) is 0.711. The Morgan fingerprint density at radius 2 is 2.13 bits per heavy atom. The van der Waals surface area contributed by atoms with E-state index in [0.29, 0.717) is 17.0 Å². The van der Waals surface area contributed by atoms with E-state index in [0.717, 1.165) is 15.6 Å². The van der Waals surface area contributed by atoms with Crippen LogP contribution in [0.25, 0.3) is 22.6 Å². The lowest BCUT2D eigenvalue weighted by Crippen LogP contribution is -2.04. The molecule has 0 saturated carbocycles. The summed E-state index contributed by atoms with van der Waals surface area (Å²) < 4.78 is 35.9. The van der Waals surface area contributed by atoms with E-state index in [1.54, 1.807) is 0 Å². The van der Waals surface area contributed by atoms with Gasteiger partial charge in [0.25, 0.3) is 0 Å². The van der Waals surface area contributed by atoms with Gasteiger partial charge in [-0.2, -0.15) is 8.78 Å². The highest BCUT2D eigenvalue weighted by atomic mass is 79.9. The fourth-order valence-electron chi connectivity index (χ4n) is 2.28. The predicted molar refractivity (Wildman–Crippen MR) is 84.4 cm³/mol. The molecule has 3 rings (SSSR count). The molecule has 0 spiro atoms. The van der Waals surface area contributed by atoms with Crippen LogP contribution in [0.4, 0.5) is 8.78 Å². The van der Waals surface area contributed by atoms with Gasteiger partial charge in [0.05, 0.1) is 6.61 Å². The second-order valence-electron chi connectivity index (χ2n) is 4.90. The van der Waals surface area contributed by atoms with Crippen LogP contribution in [0.15, 0.2) is 39.2 Å². The second kappa shape index (κ2) is 6.25. The summed E-state index contributed by atoms with van der Waals surface area (Å²) in [6.07, 6.45) is 0. The van der Waals surface area contributed by atoms with E-state index < -0.39 is 13.2 Å². The highest BCUT2D eigenvalue weighted by molar-refractivity contribution is 9.10. The minimum Gasteiger partial charge on any atom is -0.436 e. The number of rotatable bonds is 4. The Hall–Kier alpha value is -1.99. The molecule has 1 aromatic heterocycles. The highest BCUT2D eigenvalue weighted by Gasteiger charge is 2.16. The van der Waals surface area contributed by atoms with E-state index in [1.807, 2.05) is 25.1 Å². The van der Waals surface area contributed by atoms with Crippen molar-refractivity contribution in [1.82, 2.24) is 4.98 Å². The number of fused-ring (bicyclic) bond motifs is 1. The van der Waals surface area contributed by atoms with Crippen LogP contribution in [0.1, 0.15) is 11.1 Å². The molecule has 1 N–H and O–H groups in total. The molecule has 120 valence electrons. The number of hydrogen-bond donors (Lipinski definition) is 1. The van der Waals surface area contributed by atoms with E-state index in [1.165, 1.54) is 12.1 Å². The van der Waals surface area contributed by atoms with E-state index in [2.05, 4.69) is 25.7 Å². The molecule has 1 heterocycles. The number of ether oxygens (including phenoxy) is 1. The van der Waals surface area contributed by atoms with Crippen LogP contribution >= 0.6 is 15.9 Å². The van der Waals surface area contributed by atoms with Gasteiger partial charge in [-0.15, -0.1) is 0 Å². The third-order valence-electron chi connectivity index (χ3n) is 3.46. The Bertz CT molecular complexity index is 864. The summed E-state index contributed by atoms with van der Waals surface area (Å²) >= 11 is 3.44. The first-order valence-electron chi connectivity index (χ1n) is 6.74. The number of aliphatic hydroxyl groups excluding tert-OH is 1. The number of hydrogen-bond acceptors (Lipinski definition) is 4. The first kappa shape index (κ1) is 15.9. The second-order valence-corrected chi connectivity index (χ2v) is 5.75. The summed E-state index contributed by atoms with van der Waals surface area (Å²) in [6.45, 7) is -1.50. The number of nitrogens with zero attached hydrogens (tertiary/aromatic N) is 1. The zero-order chi connectivity index (χ0) is 16.6. The van der Waals surface area contributed by atoms with Gasteiger partial charge in [-0.25, -0.2) is 4.98 Å². The monoisotopic (exact) mass is 383 g/mol. The fourth-order valence-corrected chi connectivity index (χ4v) is 2.65. The molecule has 0 bridgehead atoms. The topological polar surface area (TPSA) is 55.5 Å². The van der Waals surface area contributed by atoms with Gasteiger partial charge in [-0.05, 0) is 30.7 Å². The van der Waals surface area contributed by atoms with Crippen molar-refractivity contribution in [2.75, 3.05) is 0 Å². The van der Waals surface area contributed by atoms with Gasteiger partial charge < -0.3 is 14.3 Å². The van der Waals surface area contributed by atoms with Crippen LogP contribution in [0.5, 0.6) is 5.75 Å². The summed E-state index contributed by atoms with van der Waals surface area (Å²) in [7, 11) is 0. The molecule has 3 aromatic rings. The van der Waals surface area contributed by atoms with Crippen molar-refractivity contribution in [3.05, 3.63) is 45.9 Å². The van der Waals surface area contributed by atoms with Crippen LogP contribution < -0.4 is 4.74 Å². The van der Waals surface area contributed by atoms with Crippen LogP contribution in [0, 0.1) is 6.92 Å². The van der Waals surface area contributed by atoms with Crippen LogP contribution in [-0.2, 0) is 6.61 Å². The van der Waals surface area contributed by atoms with Crippen molar-refractivity contribution in [3.63, 3.8) is 0 Å². The highest BCUT2D eigenvalue weighted by Crippen LogP contribution is 2.33. The Morgan fingerprint density at radius 1 is 1.35 bits per heavy atom. The SMILES string of the molecule is Cc1c(Br)cccc1-c1nc2cc(CO)c(OC(F)F)cc2o1. The Labute approximate surface area is 138 Å². The third-order valence-corrected chi connectivity index (χ3v) is 4.31. The van der Waals surface area contributed by atoms with Gasteiger partial charge in [0.15, 0.2) is 5.58 Å². The molecular formula is C16H12BrF2NO3. The fraction of sp³-hybridized carbons (Fsp3) is 0.188. The molecule has 7 heteroatoms. The summed E-state index contributed by atoms with van der Waals surface area (Å²) in [5.41, 5.74) is 2.74. The molecule has 0 aliphatic heterocycles. The molecule has 0 fully saturated rings. The smallest absolute Gasteiger partial charge is 0.387 e. The molecule has 0 radical (unpaired) electrons. The number of alkyl halides is 2. The first-order valence-corrected chi connectivity index (χ1v) is 7.53. The van der Waals surface area contributed by atoms with Gasteiger partial charge in [0.1, 0.15) is 11.3 Å². The molecule has 0 saturated heterocycles. The maximum absolute atomic E-state index is 12.4. The molecule has 2 aromatic carbocycles. The number of halogens is 3. The number of benzene rings is 2. The van der Waals surface area contributed by atoms with Gasteiger partial charge in [-0.1, -0.05) is 22.0 Å². The molecule has 0 aliphatic carbocycles. The van der Waals surface area contributed by atoms with Crippen molar-refractivity contribution in [3.8, 4) is 17.2 Å². The van der Waals surface area contributed by atoms with Crippen molar-refractivity contribution in [1.29, 1.82) is 0 Å². The lowest BCUT2D eigenvalue weighted by Gasteiger charge is -2.08. The van der Waals surface area contributed by atoms with Gasteiger partial charge >= 0.3 is 6.61 Å². The average Bonchev–Trinajstić information content (AvgIpc) is 2.91. The minimum atomic E-state index is -2.98. The van der Waals surface area contributed by atoms with E-state index in [4.69, 9.17) is 4.42 Å². The van der Waals surface area contributed by atoms with Crippen molar-refractivity contribution < 1.29 is 23.0 Å². The van der Waals surface area contributed by atoms with E-state index in [-0.39, 0.29) is 11.3 Å². The van der Waals surface area contributed by atoms with Crippen LogP contribution in [0.2, 0.25) is 0 Å². The van der Waals surface area contributed by atoms with Crippen molar-refractivity contribution in [2.24, 2.45) is 0 Å². The number of aliphatic hydroxyl groups is 1. The van der Waals surface area contributed by atoms with Crippen LogP contribution in [-0.4, -0.2) is 16.7 Å². The maximum Gasteiger partial charge on any atom is 0.387 e. The predicted octanol–water partition coefficient (Wildman–Crippen LogP) is 4.66. The molecule has 0 unspecified atom stereocenters. The summed E-state index contributed by atoms with van der Waals surface area (Å²) in [5, 5.41) is 9.31. The van der Waals surface area contributed by atoms with E-state index >= 15 is 0 Å². The first-order chi connectivity index (χ1) is 11.0. The molecule has 0 amide bonds. The largest absolute Gasteiger partial charge is 0.436 e. The number of aromatic nitrogens is 1. The van der Waals surface area contributed by atoms with Gasteiger partial charge in [0.2, 0.25) is 5.89 Å². The zero-order valence-corrected chi connectivity index (χ0v) is 13.6. The Kier molecular flexibility index (Phi) is 4.32. The van der Waals surface area contributed by atoms with Crippen molar-refractivity contribution >= 4 is 27.0 Å². The lowest BCUT2D eigenvalue weighted by atomic mass is 10.1. The molecule has 0 atom stereocenters. The van der Waals surface area contributed by atoms with Gasteiger partial charge in [0, 0.05) is 21.7 Å². The molecule has 23 heavy (non-hydrogen) atoms.